The average molecular weight is 354 g/mol. The second-order valence-electron chi connectivity index (χ2n) is 5.75. The molecule has 0 spiro atoms. The second-order valence-corrected chi connectivity index (χ2v) is 6.86. The Kier molecular flexibility index (Phi) is 5.56. The summed E-state index contributed by atoms with van der Waals surface area (Å²) in [4.78, 5) is 17.3. The summed E-state index contributed by atoms with van der Waals surface area (Å²) in [5, 5.41) is 4.12. The minimum Gasteiger partial charge on any atom is -0.380 e. The van der Waals surface area contributed by atoms with Crippen molar-refractivity contribution in [2.75, 3.05) is 5.32 Å². The number of Topliss-reactive ketones (excluding diaryl/α,β-unsaturated/α-hetero) is 1. The molecule has 3 nitrogen and oxygen atoms in total. The number of anilines is 1. The summed E-state index contributed by atoms with van der Waals surface area (Å²) in [5.41, 5.74) is 2.49. The Morgan fingerprint density at radius 1 is 1.20 bits per heavy atom. The molecule has 2 aromatic carbocycles. The Morgan fingerprint density at radius 3 is 2.72 bits per heavy atom. The number of hydrogen-bond acceptors (Lipinski definition) is 4. The minimum absolute atomic E-state index is 0.177. The molecule has 5 heteroatoms. The predicted octanol–water partition coefficient (Wildman–Crippen LogP) is 5.54. The summed E-state index contributed by atoms with van der Waals surface area (Å²) in [6, 6.07) is 14.0. The first-order valence-electron chi connectivity index (χ1n) is 8.23. The molecule has 25 heavy (non-hydrogen) atoms. The molecule has 0 atom stereocenters. The summed E-state index contributed by atoms with van der Waals surface area (Å²) < 4.78 is 13.3. The van der Waals surface area contributed by atoms with Crippen LogP contribution in [0.15, 0.2) is 54.7 Å². The lowest BCUT2D eigenvalue weighted by molar-refractivity contribution is 0.0982. The molecule has 0 fully saturated rings. The van der Waals surface area contributed by atoms with E-state index < -0.39 is 0 Å². The first-order valence-corrected chi connectivity index (χ1v) is 9.05. The smallest absolute Gasteiger partial charge is 0.162 e. The molecule has 0 aliphatic carbocycles. The highest BCUT2D eigenvalue weighted by atomic mass is 32.1. The van der Waals surface area contributed by atoms with Crippen LogP contribution in [0.2, 0.25) is 0 Å². The van der Waals surface area contributed by atoms with Crippen LogP contribution in [-0.2, 0) is 6.54 Å². The maximum absolute atomic E-state index is 13.3. The molecule has 1 heterocycles. The van der Waals surface area contributed by atoms with Gasteiger partial charge in [0.05, 0.1) is 6.54 Å². The monoisotopic (exact) mass is 354 g/mol. The summed E-state index contributed by atoms with van der Waals surface area (Å²) in [6.45, 7) is 2.64. The Balaban J connectivity index is 1.61. The van der Waals surface area contributed by atoms with Crippen molar-refractivity contribution in [1.29, 1.82) is 0 Å². The fourth-order valence-electron chi connectivity index (χ4n) is 2.48. The van der Waals surface area contributed by atoms with Gasteiger partial charge >= 0.3 is 0 Å². The van der Waals surface area contributed by atoms with Gasteiger partial charge in [-0.1, -0.05) is 19.1 Å². The van der Waals surface area contributed by atoms with Crippen molar-refractivity contribution in [3.63, 3.8) is 0 Å². The number of nitrogens with zero attached hydrogens (tertiary/aromatic N) is 1. The number of carbonyl (C=O) groups excluding carboxylic acids is 1. The van der Waals surface area contributed by atoms with Crippen LogP contribution in [0.4, 0.5) is 10.1 Å². The van der Waals surface area contributed by atoms with Crippen molar-refractivity contribution in [2.24, 2.45) is 0 Å². The summed E-state index contributed by atoms with van der Waals surface area (Å²) in [5.74, 6) is -0.0821. The summed E-state index contributed by atoms with van der Waals surface area (Å²) in [7, 11) is 0. The number of halogens is 1. The summed E-state index contributed by atoms with van der Waals surface area (Å²) >= 11 is 1.53. The van der Waals surface area contributed by atoms with Crippen molar-refractivity contribution in [2.45, 2.75) is 26.3 Å². The van der Waals surface area contributed by atoms with Crippen LogP contribution in [0, 0.1) is 5.82 Å². The summed E-state index contributed by atoms with van der Waals surface area (Å²) in [6.07, 6.45) is 3.24. The molecule has 0 amide bonds. The molecule has 0 unspecified atom stereocenters. The highest BCUT2D eigenvalue weighted by molar-refractivity contribution is 7.15. The number of aromatic nitrogens is 1. The number of carbonyl (C=O) groups is 1. The van der Waals surface area contributed by atoms with E-state index in [9.17, 15) is 9.18 Å². The van der Waals surface area contributed by atoms with Gasteiger partial charge in [-0.2, -0.15) is 0 Å². The van der Waals surface area contributed by atoms with Gasteiger partial charge in [-0.15, -0.1) is 11.3 Å². The molecule has 0 aliphatic rings. The Bertz CT molecular complexity index is 858. The van der Waals surface area contributed by atoms with Gasteiger partial charge in [0.15, 0.2) is 5.78 Å². The van der Waals surface area contributed by atoms with E-state index in [1.54, 1.807) is 12.3 Å². The van der Waals surface area contributed by atoms with Crippen molar-refractivity contribution in [3.05, 3.63) is 71.0 Å². The third-order valence-electron chi connectivity index (χ3n) is 3.78. The van der Waals surface area contributed by atoms with Gasteiger partial charge in [0.25, 0.3) is 0 Å². The maximum Gasteiger partial charge on any atom is 0.162 e. The van der Waals surface area contributed by atoms with Crippen molar-refractivity contribution in [3.8, 4) is 10.6 Å². The van der Waals surface area contributed by atoms with E-state index in [1.807, 2.05) is 37.3 Å². The molecule has 3 rings (SSSR count). The zero-order chi connectivity index (χ0) is 17.6. The molecule has 3 aromatic rings. The van der Waals surface area contributed by atoms with E-state index >= 15 is 0 Å². The normalized spacial score (nSPS) is 10.6. The SMILES string of the molecule is CCCC(=O)c1ccc(NCc2cnc(-c3cccc(F)c3)s2)cc1. The molecule has 128 valence electrons. The predicted molar refractivity (Wildman–Crippen MR) is 101 cm³/mol. The van der Waals surface area contributed by atoms with Crippen molar-refractivity contribution < 1.29 is 9.18 Å². The van der Waals surface area contributed by atoms with Crippen molar-refractivity contribution >= 4 is 22.8 Å². The largest absolute Gasteiger partial charge is 0.380 e. The van der Waals surface area contributed by atoms with Crippen LogP contribution in [-0.4, -0.2) is 10.8 Å². The van der Waals surface area contributed by atoms with Gasteiger partial charge in [-0.3, -0.25) is 4.79 Å². The lowest BCUT2D eigenvalue weighted by Crippen LogP contribution is -2.00. The molecule has 0 saturated heterocycles. The van der Waals surface area contributed by atoms with E-state index in [1.165, 1.54) is 23.5 Å². The highest BCUT2D eigenvalue weighted by Crippen LogP contribution is 2.26. The zero-order valence-electron chi connectivity index (χ0n) is 14.0. The van der Waals surface area contributed by atoms with Gasteiger partial charge in [-0.05, 0) is 42.8 Å². The fraction of sp³-hybridized carbons (Fsp3) is 0.200. The second kappa shape index (κ2) is 8.03. The van der Waals surface area contributed by atoms with Crippen LogP contribution in [0.1, 0.15) is 35.0 Å². The molecule has 1 aromatic heterocycles. The van der Waals surface area contributed by atoms with Crippen LogP contribution in [0.5, 0.6) is 0 Å². The minimum atomic E-state index is -0.259. The fourth-order valence-corrected chi connectivity index (χ4v) is 3.33. The zero-order valence-corrected chi connectivity index (χ0v) is 14.8. The maximum atomic E-state index is 13.3. The van der Waals surface area contributed by atoms with Gasteiger partial charge < -0.3 is 5.32 Å². The van der Waals surface area contributed by atoms with Crippen LogP contribution >= 0.6 is 11.3 Å². The number of hydrogen-bond donors (Lipinski definition) is 1. The lowest BCUT2D eigenvalue weighted by atomic mass is 10.1. The molecule has 0 bridgehead atoms. The number of ketones is 1. The molecular formula is C20H19FN2OS. The topological polar surface area (TPSA) is 42.0 Å². The van der Waals surface area contributed by atoms with Gasteiger partial charge in [0, 0.05) is 34.3 Å². The van der Waals surface area contributed by atoms with Crippen LogP contribution in [0.25, 0.3) is 10.6 Å². The Labute approximate surface area is 150 Å². The Hall–Kier alpha value is -2.53. The van der Waals surface area contributed by atoms with E-state index in [4.69, 9.17) is 0 Å². The first kappa shape index (κ1) is 17.3. The van der Waals surface area contributed by atoms with E-state index in [-0.39, 0.29) is 11.6 Å². The quantitative estimate of drug-likeness (QED) is 0.566. The molecule has 0 aliphatic heterocycles. The van der Waals surface area contributed by atoms with Gasteiger partial charge in [0.1, 0.15) is 10.8 Å². The van der Waals surface area contributed by atoms with Crippen LogP contribution < -0.4 is 5.32 Å². The molecular weight excluding hydrogens is 335 g/mol. The van der Waals surface area contributed by atoms with Crippen LogP contribution in [0.3, 0.4) is 0 Å². The number of nitrogens with one attached hydrogen (secondary N) is 1. The first-order chi connectivity index (χ1) is 12.2. The third kappa shape index (κ3) is 4.51. The number of thiazole rings is 1. The van der Waals surface area contributed by atoms with Crippen molar-refractivity contribution in [1.82, 2.24) is 4.98 Å². The van der Waals surface area contributed by atoms with E-state index in [0.29, 0.717) is 13.0 Å². The van der Waals surface area contributed by atoms with E-state index in [0.717, 1.165) is 33.1 Å². The number of rotatable bonds is 7. The average Bonchev–Trinajstić information content (AvgIpc) is 3.10. The van der Waals surface area contributed by atoms with Gasteiger partial charge in [-0.25, -0.2) is 9.37 Å². The molecule has 0 saturated carbocycles. The molecule has 0 radical (unpaired) electrons. The molecule has 1 N–H and O–H groups in total. The lowest BCUT2D eigenvalue weighted by Gasteiger charge is -2.05. The van der Waals surface area contributed by atoms with Gasteiger partial charge in [0.2, 0.25) is 0 Å². The Morgan fingerprint density at radius 2 is 2.00 bits per heavy atom. The van der Waals surface area contributed by atoms with E-state index in [2.05, 4.69) is 10.3 Å². The standard InChI is InChI=1S/C20H19FN2OS/c1-2-4-19(24)14-7-9-17(10-8-14)22-12-18-13-23-20(25-18)15-5-3-6-16(21)11-15/h3,5-11,13,22H,2,4,12H2,1H3. The number of benzene rings is 2. The highest BCUT2D eigenvalue weighted by Gasteiger charge is 2.07. The third-order valence-corrected chi connectivity index (χ3v) is 4.82.